The second-order valence-electron chi connectivity index (χ2n) is 4.09. The molecule has 1 aliphatic rings. The zero-order chi connectivity index (χ0) is 11.5. The van der Waals surface area contributed by atoms with Gasteiger partial charge in [0.1, 0.15) is 9.84 Å². The van der Waals surface area contributed by atoms with E-state index in [0.29, 0.717) is 19.3 Å². The monoisotopic (exact) mass is 235 g/mol. The lowest BCUT2D eigenvalue weighted by Crippen LogP contribution is -2.30. The van der Waals surface area contributed by atoms with E-state index in [-0.39, 0.29) is 29.9 Å². The third-order valence-corrected chi connectivity index (χ3v) is 4.61. The third-order valence-electron chi connectivity index (χ3n) is 2.90. The van der Waals surface area contributed by atoms with Crippen molar-refractivity contribution >= 4 is 15.8 Å². The number of hydrogen-bond acceptors (Lipinski definition) is 4. The molecule has 0 spiro atoms. The number of nitrogens with two attached hydrogens (primary N) is 1. The summed E-state index contributed by atoms with van der Waals surface area (Å²) in [7, 11) is -2.95. The van der Waals surface area contributed by atoms with Gasteiger partial charge < -0.3 is 10.8 Å². The Hall–Kier alpha value is -0.620. The predicted octanol–water partition coefficient (Wildman–Crippen LogP) is 0.00330. The number of carbonyl (C=O) groups is 1. The van der Waals surface area contributed by atoms with Crippen molar-refractivity contribution in [3.8, 4) is 0 Å². The van der Waals surface area contributed by atoms with E-state index in [4.69, 9.17) is 10.8 Å². The van der Waals surface area contributed by atoms with Crippen LogP contribution in [0.1, 0.15) is 25.7 Å². The summed E-state index contributed by atoms with van der Waals surface area (Å²) in [6.45, 7) is 0. The lowest BCUT2D eigenvalue weighted by atomic mass is 9.91. The minimum absolute atomic E-state index is 0.0263. The van der Waals surface area contributed by atoms with Crippen LogP contribution in [0.3, 0.4) is 0 Å². The summed E-state index contributed by atoms with van der Waals surface area (Å²) in [6, 6.07) is -0.179. The minimum Gasteiger partial charge on any atom is -0.481 e. The van der Waals surface area contributed by atoms with Crippen LogP contribution in [0, 0.1) is 5.92 Å². The molecule has 15 heavy (non-hydrogen) atoms. The average Bonchev–Trinajstić information content (AvgIpc) is 2.25. The molecule has 0 radical (unpaired) electrons. The van der Waals surface area contributed by atoms with E-state index in [1.807, 2.05) is 0 Å². The van der Waals surface area contributed by atoms with Gasteiger partial charge in [0.15, 0.2) is 0 Å². The maximum absolute atomic E-state index is 11.3. The van der Waals surface area contributed by atoms with Crippen molar-refractivity contribution in [3.05, 3.63) is 0 Å². The highest BCUT2D eigenvalue weighted by Crippen LogP contribution is 2.22. The molecule has 0 bridgehead atoms. The Morgan fingerprint density at radius 2 is 1.93 bits per heavy atom. The largest absolute Gasteiger partial charge is 0.481 e. The van der Waals surface area contributed by atoms with E-state index in [1.54, 1.807) is 0 Å². The Morgan fingerprint density at radius 1 is 1.33 bits per heavy atom. The molecule has 0 saturated carbocycles. The van der Waals surface area contributed by atoms with Crippen molar-refractivity contribution in [2.45, 2.75) is 31.7 Å². The third kappa shape index (κ3) is 4.17. The Bertz CT molecular complexity index is 325. The normalized spacial score (nSPS) is 30.7. The Morgan fingerprint density at radius 3 is 2.53 bits per heavy atom. The molecule has 0 aromatic rings. The van der Waals surface area contributed by atoms with E-state index in [1.165, 1.54) is 0 Å². The molecule has 1 fully saturated rings. The van der Waals surface area contributed by atoms with Crippen LogP contribution in [0.25, 0.3) is 0 Å². The second-order valence-corrected chi connectivity index (χ2v) is 6.39. The number of carboxylic acid groups (broad SMARTS) is 1. The number of aliphatic carboxylic acids is 1. The van der Waals surface area contributed by atoms with Crippen LogP contribution in [0.15, 0.2) is 0 Å². The molecule has 1 saturated heterocycles. The van der Waals surface area contributed by atoms with Crippen molar-refractivity contribution in [3.63, 3.8) is 0 Å². The second kappa shape index (κ2) is 4.94. The molecule has 1 heterocycles. The smallest absolute Gasteiger partial charge is 0.303 e. The summed E-state index contributed by atoms with van der Waals surface area (Å²) in [4.78, 5) is 10.4. The van der Waals surface area contributed by atoms with Crippen LogP contribution in [-0.2, 0) is 14.6 Å². The first-order chi connectivity index (χ1) is 6.91. The van der Waals surface area contributed by atoms with Crippen LogP contribution >= 0.6 is 0 Å². The van der Waals surface area contributed by atoms with E-state index in [9.17, 15) is 13.2 Å². The molecule has 0 amide bonds. The van der Waals surface area contributed by atoms with Crippen molar-refractivity contribution < 1.29 is 18.3 Å². The van der Waals surface area contributed by atoms with E-state index >= 15 is 0 Å². The van der Waals surface area contributed by atoms with E-state index < -0.39 is 15.8 Å². The fourth-order valence-electron chi connectivity index (χ4n) is 1.87. The number of carboxylic acids is 1. The van der Waals surface area contributed by atoms with Gasteiger partial charge in [-0.3, -0.25) is 4.79 Å². The molecule has 0 aromatic carbocycles. The van der Waals surface area contributed by atoms with Gasteiger partial charge in [0.05, 0.1) is 11.5 Å². The summed E-state index contributed by atoms with van der Waals surface area (Å²) in [5, 5.41) is 8.54. The SMILES string of the molecule is N[C@@H]1CCS(=O)(=O)CC[C@@H]1CCC(=O)O. The predicted molar refractivity (Wildman–Crippen MR) is 56.2 cm³/mol. The van der Waals surface area contributed by atoms with Crippen molar-refractivity contribution in [2.75, 3.05) is 11.5 Å². The highest BCUT2D eigenvalue weighted by Gasteiger charge is 2.26. The lowest BCUT2D eigenvalue weighted by Gasteiger charge is -2.19. The zero-order valence-corrected chi connectivity index (χ0v) is 9.37. The van der Waals surface area contributed by atoms with Gasteiger partial charge in [-0.15, -0.1) is 0 Å². The molecule has 6 heteroatoms. The fourth-order valence-corrected chi connectivity index (χ4v) is 3.36. The number of sulfone groups is 1. The molecule has 0 aromatic heterocycles. The molecule has 5 nitrogen and oxygen atoms in total. The van der Waals surface area contributed by atoms with Gasteiger partial charge in [-0.25, -0.2) is 8.42 Å². The molecular formula is C9H17NO4S. The van der Waals surface area contributed by atoms with Crippen LogP contribution in [0.4, 0.5) is 0 Å². The molecule has 0 aliphatic carbocycles. The highest BCUT2D eigenvalue weighted by molar-refractivity contribution is 7.91. The maximum Gasteiger partial charge on any atom is 0.303 e. The van der Waals surface area contributed by atoms with Crippen LogP contribution in [0.5, 0.6) is 0 Å². The van der Waals surface area contributed by atoms with Crippen molar-refractivity contribution in [1.82, 2.24) is 0 Å². The maximum atomic E-state index is 11.3. The first-order valence-corrected chi connectivity index (χ1v) is 6.90. The van der Waals surface area contributed by atoms with Gasteiger partial charge in [-0.2, -0.15) is 0 Å². The summed E-state index contributed by atoms with van der Waals surface area (Å²) in [5.41, 5.74) is 5.83. The molecule has 1 rings (SSSR count). The standard InChI is InChI=1S/C9H17NO4S/c10-8-4-6-15(13,14)5-3-7(8)1-2-9(11)12/h7-8H,1-6,10H2,(H,11,12)/t7-,8+/m0/s1. The first kappa shape index (κ1) is 12.4. The molecule has 2 atom stereocenters. The molecule has 88 valence electrons. The van der Waals surface area contributed by atoms with E-state index in [0.717, 1.165) is 0 Å². The van der Waals surface area contributed by atoms with Crippen LogP contribution in [0.2, 0.25) is 0 Å². The van der Waals surface area contributed by atoms with Gasteiger partial charge >= 0.3 is 5.97 Å². The molecule has 1 aliphatic heterocycles. The van der Waals surface area contributed by atoms with Crippen molar-refractivity contribution in [2.24, 2.45) is 11.7 Å². The quantitative estimate of drug-likeness (QED) is 0.717. The molecule has 0 unspecified atom stereocenters. The van der Waals surface area contributed by atoms with Crippen LogP contribution in [-0.4, -0.2) is 37.0 Å². The van der Waals surface area contributed by atoms with Gasteiger partial charge in [-0.05, 0) is 25.2 Å². The van der Waals surface area contributed by atoms with Gasteiger partial charge in [-0.1, -0.05) is 0 Å². The number of rotatable bonds is 3. The first-order valence-electron chi connectivity index (χ1n) is 5.08. The molecular weight excluding hydrogens is 218 g/mol. The average molecular weight is 235 g/mol. The molecule has 3 N–H and O–H groups in total. The summed E-state index contributed by atoms with van der Waals surface area (Å²) in [5.74, 6) is -0.546. The minimum atomic E-state index is -2.95. The topological polar surface area (TPSA) is 97.5 Å². The Labute approximate surface area is 89.6 Å². The summed E-state index contributed by atoms with van der Waals surface area (Å²) in [6.07, 6.45) is 1.49. The Balaban J connectivity index is 2.54. The summed E-state index contributed by atoms with van der Waals surface area (Å²) >= 11 is 0. The fraction of sp³-hybridized carbons (Fsp3) is 0.889. The summed E-state index contributed by atoms with van der Waals surface area (Å²) < 4.78 is 22.7. The van der Waals surface area contributed by atoms with Gasteiger partial charge in [0.2, 0.25) is 0 Å². The lowest BCUT2D eigenvalue weighted by molar-refractivity contribution is -0.137. The van der Waals surface area contributed by atoms with Crippen LogP contribution < -0.4 is 5.73 Å². The van der Waals surface area contributed by atoms with Crippen molar-refractivity contribution in [1.29, 1.82) is 0 Å². The zero-order valence-electron chi connectivity index (χ0n) is 8.55. The Kier molecular flexibility index (Phi) is 4.10. The number of hydrogen-bond donors (Lipinski definition) is 2. The van der Waals surface area contributed by atoms with Gasteiger partial charge in [0, 0.05) is 12.5 Å². The van der Waals surface area contributed by atoms with E-state index in [2.05, 4.69) is 0 Å². The van der Waals surface area contributed by atoms with Gasteiger partial charge in [0.25, 0.3) is 0 Å². The highest BCUT2D eigenvalue weighted by atomic mass is 32.2.